The number of carbonyl (C=O) groups is 1. The quantitative estimate of drug-likeness (QED) is 0.329. The summed E-state index contributed by atoms with van der Waals surface area (Å²) in [6.07, 6.45) is 1.71. The van der Waals surface area contributed by atoms with Gasteiger partial charge in [-0.05, 0) is 60.2 Å². The van der Waals surface area contributed by atoms with Crippen molar-refractivity contribution >= 4 is 56.1 Å². The fraction of sp³-hybridized carbons (Fsp3) is 0.0870. The van der Waals surface area contributed by atoms with Crippen LogP contribution in [-0.4, -0.2) is 16.0 Å². The van der Waals surface area contributed by atoms with Gasteiger partial charge < -0.3 is 15.5 Å². The largest absolute Gasteiger partial charge is 0.423 e. The van der Waals surface area contributed by atoms with Gasteiger partial charge in [-0.1, -0.05) is 18.2 Å². The number of nitrogen functional groups attached to an aromatic ring is 1. The van der Waals surface area contributed by atoms with Gasteiger partial charge in [0.05, 0.1) is 0 Å². The van der Waals surface area contributed by atoms with Gasteiger partial charge in [-0.2, -0.15) is 4.98 Å². The van der Waals surface area contributed by atoms with E-state index in [1.54, 1.807) is 17.5 Å². The van der Waals surface area contributed by atoms with Gasteiger partial charge in [0.15, 0.2) is 5.58 Å². The Morgan fingerprint density at radius 2 is 1.90 bits per heavy atom. The molecular formula is C23H19N5O2S. The van der Waals surface area contributed by atoms with E-state index in [4.69, 9.17) is 10.2 Å². The number of urea groups is 1. The van der Waals surface area contributed by atoms with E-state index in [0.29, 0.717) is 22.6 Å². The number of pyridine rings is 1. The van der Waals surface area contributed by atoms with Crippen LogP contribution < -0.4 is 16.4 Å². The van der Waals surface area contributed by atoms with Crippen LogP contribution in [0, 0.1) is 13.8 Å². The van der Waals surface area contributed by atoms with Crippen LogP contribution >= 0.6 is 11.3 Å². The van der Waals surface area contributed by atoms with Crippen molar-refractivity contribution in [1.29, 1.82) is 0 Å². The Morgan fingerprint density at radius 1 is 1.10 bits per heavy atom. The summed E-state index contributed by atoms with van der Waals surface area (Å²) in [6, 6.07) is 13.2. The number of nitrogens with two attached hydrogens (primary N) is 1. The molecule has 0 atom stereocenters. The maximum Gasteiger partial charge on any atom is 0.327 e. The van der Waals surface area contributed by atoms with Crippen molar-refractivity contribution in [2.45, 2.75) is 13.8 Å². The van der Waals surface area contributed by atoms with E-state index in [1.807, 2.05) is 56.3 Å². The van der Waals surface area contributed by atoms with Crippen LogP contribution in [0.4, 0.5) is 22.3 Å². The smallest absolute Gasteiger partial charge is 0.327 e. The Bertz CT molecular complexity index is 1440. The summed E-state index contributed by atoms with van der Waals surface area (Å²) in [6.45, 7) is 3.95. The summed E-state index contributed by atoms with van der Waals surface area (Å²) >= 11 is 1.63. The van der Waals surface area contributed by atoms with Crippen molar-refractivity contribution < 1.29 is 9.21 Å². The molecule has 5 rings (SSSR count). The second-order valence-electron chi connectivity index (χ2n) is 7.32. The number of benzene rings is 2. The van der Waals surface area contributed by atoms with Crippen molar-refractivity contribution in [2.75, 3.05) is 16.4 Å². The summed E-state index contributed by atoms with van der Waals surface area (Å²) < 4.78 is 6.77. The first-order valence-electron chi connectivity index (χ1n) is 9.66. The maximum absolute atomic E-state index is 12.4. The Hall–Kier alpha value is -3.91. The number of aromatic nitrogens is 2. The van der Waals surface area contributed by atoms with Gasteiger partial charge in [0, 0.05) is 27.5 Å². The lowest BCUT2D eigenvalue weighted by Gasteiger charge is -2.07. The molecular weight excluding hydrogens is 410 g/mol. The molecule has 2 aromatic carbocycles. The molecule has 0 saturated carbocycles. The number of oxazole rings is 1. The first kappa shape index (κ1) is 19.1. The van der Waals surface area contributed by atoms with E-state index in [9.17, 15) is 4.79 Å². The summed E-state index contributed by atoms with van der Waals surface area (Å²) in [5.41, 5.74) is 12.2. The topological polar surface area (TPSA) is 106 Å². The van der Waals surface area contributed by atoms with E-state index < -0.39 is 6.03 Å². The SMILES string of the molecule is Cc1cc(C)c2oc(NC(=O)Nc3ccc(-c4csc5ccnc(N)c45)cc3)nc2c1. The number of aryl methyl sites for hydroxylation is 2. The molecule has 0 saturated heterocycles. The lowest BCUT2D eigenvalue weighted by molar-refractivity contribution is 0.261. The van der Waals surface area contributed by atoms with Crippen LogP contribution in [0.15, 0.2) is 58.5 Å². The summed E-state index contributed by atoms with van der Waals surface area (Å²) in [5, 5.41) is 8.46. The zero-order chi connectivity index (χ0) is 21.5. The van der Waals surface area contributed by atoms with Crippen molar-refractivity contribution in [3.63, 3.8) is 0 Å². The van der Waals surface area contributed by atoms with Gasteiger partial charge in [0.25, 0.3) is 0 Å². The Labute approximate surface area is 181 Å². The highest BCUT2D eigenvalue weighted by Gasteiger charge is 2.13. The molecule has 3 aromatic heterocycles. The van der Waals surface area contributed by atoms with Crippen molar-refractivity contribution in [3.05, 3.63) is 65.2 Å². The lowest BCUT2D eigenvalue weighted by atomic mass is 10.1. The van der Waals surface area contributed by atoms with E-state index in [1.165, 1.54) is 0 Å². The molecule has 2 amide bonds. The fourth-order valence-electron chi connectivity index (χ4n) is 3.64. The molecule has 0 aliphatic heterocycles. The molecule has 0 aliphatic carbocycles. The molecule has 0 spiro atoms. The van der Waals surface area contributed by atoms with Gasteiger partial charge in [-0.15, -0.1) is 11.3 Å². The molecule has 5 aromatic rings. The molecule has 0 bridgehead atoms. The minimum Gasteiger partial charge on any atom is -0.423 e. The number of nitrogens with zero attached hydrogens (tertiary/aromatic N) is 2. The normalized spacial score (nSPS) is 11.2. The average molecular weight is 430 g/mol. The van der Waals surface area contributed by atoms with E-state index in [0.717, 1.165) is 32.3 Å². The average Bonchev–Trinajstić information content (AvgIpc) is 3.33. The van der Waals surface area contributed by atoms with Crippen LogP contribution in [0.1, 0.15) is 11.1 Å². The minimum atomic E-state index is -0.428. The summed E-state index contributed by atoms with van der Waals surface area (Å²) in [7, 11) is 0. The van der Waals surface area contributed by atoms with Crippen LogP contribution in [0.25, 0.3) is 32.3 Å². The molecule has 0 radical (unpaired) electrons. The van der Waals surface area contributed by atoms with Gasteiger partial charge >= 0.3 is 12.0 Å². The molecule has 0 unspecified atom stereocenters. The number of hydrogen-bond donors (Lipinski definition) is 3. The van der Waals surface area contributed by atoms with E-state index >= 15 is 0 Å². The zero-order valence-corrected chi connectivity index (χ0v) is 17.7. The fourth-order valence-corrected chi connectivity index (χ4v) is 4.62. The Kier molecular flexibility index (Phi) is 4.56. The third-order valence-corrected chi connectivity index (χ3v) is 5.96. The second-order valence-corrected chi connectivity index (χ2v) is 8.24. The van der Waals surface area contributed by atoms with E-state index in [2.05, 4.69) is 26.0 Å². The van der Waals surface area contributed by atoms with Crippen LogP contribution in [0.2, 0.25) is 0 Å². The second kappa shape index (κ2) is 7.41. The highest BCUT2D eigenvalue weighted by molar-refractivity contribution is 7.17. The first-order chi connectivity index (χ1) is 15.0. The first-order valence-corrected chi connectivity index (χ1v) is 10.5. The molecule has 154 valence electrons. The number of amides is 2. The molecule has 0 fully saturated rings. The van der Waals surface area contributed by atoms with Crippen LogP contribution in [0.5, 0.6) is 0 Å². The predicted molar refractivity (Wildman–Crippen MR) is 126 cm³/mol. The summed E-state index contributed by atoms with van der Waals surface area (Å²) in [5.74, 6) is 0.513. The molecule has 3 heterocycles. The van der Waals surface area contributed by atoms with Gasteiger partial charge in [0.2, 0.25) is 0 Å². The number of carbonyl (C=O) groups excluding carboxylic acids is 1. The number of thiophene rings is 1. The Balaban J connectivity index is 1.33. The molecule has 0 aliphatic rings. The summed E-state index contributed by atoms with van der Waals surface area (Å²) in [4.78, 5) is 20.9. The molecule has 8 heteroatoms. The van der Waals surface area contributed by atoms with E-state index in [-0.39, 0.29) is 6.01 Å². The van der Waals surface area contributed by atoms with Crippen molar-refractivity contribution in [2.24, 2.45) is 0 Å². The van der Waals surface area contributed by atoms with Gasteiger partial charge in [-0.3, -0.25) is 5.32 Å². The number of anilines is 3. The van der Waals surface area contributed by atoms with Crippen molar-refractivity contribution in [3.8, 4) is 11.1 Å². The standard InChI is InChI=1S/C23H19N5O2S/c1-12-9-13(2)20-17(10-12)27-23(30-20)28-22(29)26-15-5-3-14(4-6-15)16-11-31-18-7-8-25-21(24)19(16)18/h3-11H,1-2H3,(H2,24,25)(H2,26,27,28,29). The van der Waals surface area contributed by atoms with Gasteiger partial charge in [0.1, 0.15) is 11.3 Å². The minimum absolute atomic E-state index is 0.158. The third-order valence-electron chi connectivity index (χ3n) is 5.01. The lowest BCUT2D eigenvalue weighted by Crippen LogP contribution is -2.19. The van der Waals surface area contributed by atoms with Crippen LogP contribution in [0.3, 0.4) is 0 Å². The molecule has 7 nitrogen and oxygen atoms in total. The maximum atomic E-state index is 12.4. The highest BCUT2D eigenvalue weighted by Crippen LogP contribution is 2.36. The third kappa shape index (κ3) is 3.57. The molecule has 31 heavy (non-hydrogen) atoms. The highest BCUT2D eigenvalue weighted by atomic mass is 32.1. The number of fused-ring (bicyclic) bond motifs is 2. The van der Waals surface area contributed by atoms with Crippen molar-refractivity contribution in [1.82, 2.24) is 9.97 Å². The number of nitrogens with one attached hydrogen (secondary N) is 2. The predicted octanol–water partition coefficient (Wildman–Crippen LogP) is 5.95. The number of rotatable bonds is 3. The zero-order valence-electron chi connectivity index (χ0n) is 16.9. The Morgan fingerprint density at radius 3 is 2.71 bits per heavy atom. The number of hydrogen-bond acceptors (Lipinski definition) is 6. The van der Waals surface area contributed by atoms with Gasteiger partial charge in [-0.25, -0.2) is 9.78 Å². The molecule has 4 N–H and O–H groups in total. The van der Waals surface area contributed by atoms with Crippen LogP contribution in [-0.2, 0) is 0 Å². The monoisotopic (exact) mass is 429 g/mol.